The molecule has 5 nitrogen and oxygen atoms in total. The van der Waals surface area contributed by atoms with Gasteiger partial charge in [-0.05, 0) is 49.4 Å². The molecule has 0 radical (unpaired) electrons. The van der Waals surface area contributed by atoms with E-state index in [9.17, 15) is 9.18 Å². The molecule has 0 atom stereocenters. The molecule has 0 saturated heterocycles. The van der Waals surface area contributed by atoms with Gasteiger partial charge in [0.05, 0.1) is 23.9 Å². The predicted molar refractivity (Wildman–Crippen MR) is 99.2 cm³/mol. The van der Waals surface area contributed by atoms with E-state index in [1.807, 2.05) is 29.7 Å². The number of aromatic nitrogens is 1. The molecule has 3 rings (SSSR count). The number of halogens is 1. The van der Waals surface area contributed by atoms with E-state index in [2.05, 4.69) is 4.99 Å². The number of ether oxygens (including phenoxy) is 2. The van der Waals surface area contributed by atoms with Crippen molar-refractivity contribution in [1.29, 1.82) is 0 Å². The highest BCUT2D eigenvalue weighted by atomic mass is 32.1. The van der Waals surface area contributed by atoms with Gasteiger partial charge in [-0.25, -0.2) is 4.39 Å². The van der Waals surface area contributed by atoms with E-state index in [0.29, 0.717) is 30.1 Å². The fourth-order valence-electron chi connectivity index (χ4n) is 2.53. The third kappa shape index (κ3) is 4.00. The maximum absolute atomic E-state index is 13.1. The van der Waals surface area contributed by atoms with Crippen LogP contribution in [0, 0.1) is 5.82 Å². The van der Waals surface area contributed by atoms with E-state index in [-0.39, 0.29) is 5.82 Å². The van der Waals surface area contributed by atoms with Gasteiger partial charge in [0.25, 0.3) is 5.91 Å². The van der Waals surface area contributed by atoms with Crippen LogP contribution in [0.2, 0.25) is 0 Å². The molecule has 0 N–H and O–H groups in total. The number of methoxy groups -OCH3 is 1. The van der Waals surface area contributed by atoms with E-state index in [1.54, 1.807) is 7.11 Å². The lowest BCUT2D eigenvalue weighted by Crippen LogP contribution is -2.19. The lowest BCUT2D eigenvalue weighted by Gasteiger charge is -2.06. The zero-order valence-corrected chi connectivity index (χ0v) is 15.4. The van der Waals surface area contributed by atoms with Crippen LogP contribution in [-0.2, 0) is 11.3 Å². The van der Waals surface area contributed by atoms with Crippen molar-refractivity contribution in [3.05, 3.63) is 58.6 Å². The number of hydrogen-bond acceptors (Lipinski definition) is 4. The molecule has 0 aliphatic heterocycles. The first-order chi connectivity index (χ1) is 12.6. The first kappa shape index (κ1) is 18.3. The molecule has 0 spiro atoms. The van der Waals surface area contributed by atoms with Crippen molar-refractivity contribution in [2.24, 2.45) is 4.99 Å². The summed E-state index contributed by atoms with van der Waals surface area (Å²) >= 11 is 1.40. The second-order valence-electron chi connectivity index (χ2n) is 5.49. The van der Waals surface area contributed by atoms with E-state index in [0.717, 1.165) is 16.0 Å². The maximum Gasteiger partial charge on any atom is 0.279 e. The Hall–Kier alpha value is -2.51. The molecule has 0 fully saturated rings. The third-order valence-electron chi connectivity index (χ3n) is 3.84. The van der Waals surface area contributed by atoms with Crippen LogP contribution in [0.4, 0.5) is 4.39 Å². The van der Waals surface area contributed by atoms with Crippen LogP contribution < -0.4 is 9.54 Å². The Morgan fingerprint density at radius 2 is 2.00 bits per heavy atom. The Morgan fingerprint density at radius 3 is 2.69 bits per heavy atom. The standard InChI is InChI=1S/C19H19FN2O3S/c1-3-25-11-10-22-16-9-8-15(24-2)12-17(16)26-19(22)21-18(23)13-4-6-14(20)7-5-13/h4-9,12H,3,10-11H2,1-2H3. The van der Waals surface area contributed by atoms with Gasteiger partial charge in [0, 0.05) is 18.7 Å². The number of carbonyl (C=O) groups is 1. The summed E-state index contributed by atoms with van der Waals surface area (Å²) < 4.78 is 26.7. The summed E-state index contributed by atoms with van der Waals surface area (Å²) in [7, 11) is 1.61. The van der Waals surface area contributed by atoms with Gasteiger partial charge in [0.2, 0.25) is 0 Å². The topological polar surface area (TPSA) is 52.8 Å². The Kier molecular flexibility index (Phi) is 5.80. The zero-order chi connectivity index (χ0) is 18.5. The van der Waals surface area contributed by atoms with Crippen molar-refractivity contribution < 1.29 is 18.7 Å². The Bertz CT molecular complexity index is 977. The van der Waals surface area contributed by atoms with E-state index in [1.165, 1.54) is 35.6 Å². The van der Waals surface area contributed by atoms with Gasteiger partial charge >= 0.3 is 0 Å². The van der Waals surface area contributed by atoms with Crippen LogP contribution >= 0.6 is 11.3 Å². The molecule has 26 heavy (non-hydrogen) atoms. The van der Waals surface area contributed by atoms with E-state index in [4.69, 9.17) is 9.47 Å². The van der Waals surface area contributed by atoms with Crippen molar-refractivity contribution in [1.82, 2.24) is 4.57 Å². The predicted octanol–water partition coefficient (Wildman–Crippen LogP) is 3.63. The van der Waals surface area contributed by atoms with Crippen LogP contribution in [0.25, 0.3) is 10.2 Å². The fourth-order valence-corrected chi connectivity index (χ4v) is 3.61. The van der Waals surface area contributed by atoms with Crippen LogP contribution in [-0.4, -0.2) is 30.8 Å². The van der Waals surface area contributed by atoms with E-state index < -0.39 is 5.91 Å². The molecular weight excluding hydrogens is 355 g/mol. The molecule has 1 amide bonds. The first-order valence-corrected chi connectivity index (χ1v) is 9.03. The van der Waals surface area contributed by atoms with Crippen molar-refractivity contribution >= 4 is 27.5 Å². The molecule has 0 aliphatic rings. The number of benzene rings is 2. The summed E-state index contributed by atoms with van der Waals surface area (Å²) in [5.74, 6) is -0.0527. The van der Waals surface area contributed by atoms with Crippen molar-refractivity contribution in [3.8, 4) is 5.75 Å². The number of carbonyl (C=O) groups excluding carboxylic acids is 1. The van der Waals surface area contributed by atoms with Crippen molar-refractivity contribution in [2.75, 3.05) is 20.3 Å². The SMILES string of the molecule is CCOCCn1c(=NC(=O)c2ccc(F)cc2)sc2cc(OC)ccc21. The minimum absolute atomic E-state index is 0.345. The lowest BCUT2D eigenvalue weighted by atomic mass is 10.2. The van der Waals surface area contributed by atoms with Crippen LogP contribution in [0.1, 0.15) is 17.3 Å². The second-order valence-corrected chi connectivity index (χ2v) is 6.50. The van der Waals surface area contributed by atoms with Gasteiger partial charge in [-0.2, -0.15) is 4.99 Å². The van der Waals surface area contributed by atoms with Gasteiger partial charge in [0.1, 0.15) is 11.6 Å². The monoisotopic (exact) mass is 374 g/mol. The summed E-state index contributed by atoms with van der Waals surface area (Å²) in [4.78, 5) is 17.3. The Morgan fingerprint density at radius 1 is 1.23 bits per heavy atom. The highest BCUT2D eigenvalue weighted by molar-refractivity contribution is 7.16. The normalized spacial score (nSPS) is 11.9. The molecule has 3 aromatic rings. The smallest absolute Gasteiger partial charge is 0.279 e. The number of rotatable bonds is 6. The van der Waals surface area contributed by atoms with E-state index >= 15 is 0 Å². The molecule has 7 heteroatoms. The number of hydrogen-bond donors (Lipinski definition) is 0. The van der Waals surface area contributed by atoms with Crippen molar-refractivity contribution in [3.63, 3.8) is 0 Å². The molecule has 1 aromatic heterocycles. The number of fused-ring (bicyclic) bond motifs is 1. The van der Waals surface area contributed by atoms with Gasteiger partial charge in [-0.1, -0.05) is 11.3 Å². The highest BCUT2D eigenvalue weighted by Crippen LogP contribution is 2.23. The molecule has 1 heterocycles. The van der Waals surface area contributed by atoms with Gasteiger partial charge in [0.15, 0.2) is 4.80 Å². The van der Waals surface area contributed by atoms with Gasteiger partial charge in [-0.3, -0.25) is 4.79 Å². The second kappa shape index (κ2) is 8.25. The van der Waals surface area contributed by atoms with Gasteiger partial charge in [-0.15, -0.1) is 0 Å². The quantitative estimate of drug-likeness (QED) is 0.619. The molecule has 0 saturated carbocycles. The summed E-state index contributed by atoms with van der Waals surface area (Å²) in [5.41, 5.74) is 1.30. The molecule has 0 aliphatic carbocycles. The minimum atomic E-state index is -0.409. The van der Waals surface area contributed by atoms with Gasteiger partial charge < -0.3 is 14.0 Å². The number of nitrogens with zero attached hydrogens (tertiary/aromatic N) is 2. The molecule has 2 aromatic carbocycles. The largest absolute Gasteiger partial charge is 0.497 e. The third-order valence-corrected chi connectivity index (χ3v) is 4.88. The summed E-state index contributed by atoms with van der Waals surface area (Å²) in [6, 6.07) is 11.1. The van der Waals surface area contributed by atoms with Crippen LogP contribution in [0.15, 0.2) is 47.5 Å². The first-order valence-electron chi connectivity index (χ1n) is 8.22. The van der Waals surface area contributed by atoms with Crippen molar-refractivity contribution in [2.45, 2.75) is 13.5 Å². The Balaban J connectivity index is 2.05. The summed E-state index contributed by atoms with van der Waals surface area (Å²) in [5, 5.41) is 0. The Labute approximate surface area is 154 Å². The average Bonchev–Trinajstić information content (AvgIpc) is 2.98. The molecular formula is C19H19FN2O3S. The lowest BCUT2D eigenvalue weighted by molar-refractivity contribution is 0.0996. The zero-order valence-electron chi connectivity index (χ0n) is 14.6. The van der Waals surface area contributed by atoms with Crippen LogP contribution in [0.5, 0.6) is 5.75 Å². The summed E-state index contributed by atoms with van der Waals surface area (Å²) in [6.45, 7) is 3.66. The summed E-state index contributed by atoms with van der Waals surface area (Å²) in [6.07, 6.45) is 0. The molecule has 0 unspecified atom stereocenters. The minimum Gasteiger partial charge on any atom is -0.497 e. The highest BCUT2D eigenvalue weighted by Gasteiger charge is 2.10. The number of amides is 1. The van der Waals surface area contributed by atoms with Crippen LogP contribution in [0.3, 0.4) is 0 Å². The molecule has 136 valence electrons. The number of thiazole rings is 1. The average molecular weight is 374 g/mol. The maximum atomic E-state index is 13.1. The fraction of sp³-hybridized carbons (Fsp3) is 0.263. The molecule has 0 bridgehead atoms.